The van der Waals surface area contributed by atoms with Crippen molar-refractivity contribution in [1.82, 2.24) is 4.90 Å². The van der Waals surface area contributed by atoms with Crippen molar-refractivity contribution in [3.05, 3.63) is 95.6 Å². The van der Waals surface area contributed by atoms with Crippen LogP contribution >= 0.6 is 0 Å². The number of carbonyl (C=O) groups excluding carboxylic acids is 1. The third kappa shape index (κ3) is 4.56. The summed E-state index contributed by atoms with van der Waals surface area (Å²) in [5.74, 6) is 0.894. The molecule has 1 aliphatic rings. The van der Waals surface area contributed by atoms with E-state index >= 15 is 0 Å². The van der Waals surface area contributed by atoms with Gasteiger partial charge < -0.3 is 9.64 Å². The number of amides is 1. The van der Waals surface area contributed by atoms with Crippen LogP contribution in [0, 0.1) is 0 Å². The molecule has 1 aliphatic heterocycles. The normalized spacial score (nSPS) is 14.1. The second-order valence-corrected chi connectivity index (χ2v) is 8.84. The summed E-state index contributed by atoms with van der Waals surface area (Å²) in [6.45, 7) is 8.70. The summed E-state index contributed by atoms with van der Waals surface area (Å²) in [6, 6.07) is 24.3. The molecule has 3 heteroatoms. The number of carbonyl (C=O) groups is 1. The molecule has 158 valence electrons. The number of nitrogens with zero attached hydrogens (tertiary/aromatic N) is 1. The Labute approximate surface area is 185 Å². The molecule has 0 spiro atoms. The number of para-hydroxylation sites is 1. The molecule has 4 rings (SSSR count). The molecule has 0 aromatic heterocycles. The van der Waals surface area contributed by atoms with Crippen molar-refractivity contribution in [2.45, 2.75) is 45.9 Å². The third-order valence-corrected chi connectivity index (χ3v) is 5.62. The third-order valence-electron chi connectivity index (χ3n) is 5.62. The Morgan fingerprint density at radius 1 is 0.903 bits per heavy atom. The molecule has 0 atom stereocenters. The van der Waals surface area contributed by atoms with Crippen LogP contribution in [0.3, 0.4) is 0 Å². The minimum Gasteiger partial charge on any atom is -0.483 e. The standard InChI is InChI=1S/C28H29NO2/c1-20(2)29(19-25-12-8-11-23-17-18-28(3,4)31-26(23)25)27(30)24-15-13-22(14-16-24)21-9-6-5-7-10-21/h5-18,20H,19H2,1-4H3. The van der Waals surface area contributed by atoms with Gasteiger partial charge in [-0.05, 0) is 57.0 Å². The smallest absolute Gasteiger partial charge is 0.254 e. The van der Waals surface area contributed by atoms with Crippen molar-refractivity contribution in [1.29, 1.82) is 0 Å². The molecule has 3 aromatic carbocycles. The summed E-state index contributed by atoms with van der Waals surface area (Å²) in [5.41, 5.74) is 4.67. The van der Waals surface area contributed by atoms with E-state index in [4.69, 9.17) is 4.74 Å². The lowest BCUT2D eigenvalue weighted by atomic mass is 9.99. The minimum atomic E-state index is -0.358. The van der Waals surface area contributed by atoms with Crippen LogP contribution in [-0.4, -0.2) is 22.4 Å². The van der Waals surface area contributed by atoms with E-state index in [0.29, 0.717) is 12.1 Å². The summed E-state index contributed by atoms with van der Waals surface area (Å²) >= 11 is 0. The Kier molecular flexibility index (Phi) is 5.69. The van der Waals surface area contributed by atoms with Crippen LogP contribution in [0.2, 0.25) is 0 Å². The summed E-state index contributed by atoms with van der Waals surface area (Å²) in [7, 11) is 0. The summed E-state index contributed by atoms with van der Waals surface area (Å²) in [4.78, 5) is 15.3. The van der Waals surface area contributed by atoms with Gasteiger partial charge in [-0.3, -0.25) is 4.79 Å². The Morgan fingerprint density at radius 3 is 2.26 bits per heavy atom. The van der Waals surface area contributed by atoms with Gasteiger partial charge in [-0.15, -0.1) is 0 Å². The molecule has 0 radical (unpaired) electrons. The molecular weight excluding hydrogens is 382 g/mol. The van der Waals surface area contributed by atoms with E-state index < -0.39 is 0 Å². The summed E-state index contributed by atoms with van der Waals surface area (Å²) in [5, 5.41) is 0. The van der Waals surface area contributed by atoms with Gasteiger partial charge in [0.05, 0.1) is 0 Å². The largest absolute Gasteiger partial charge is 0.483 e. The van der Waals surface area contributed by atoms with Gasteiger partial charge in [0.15, 0.2) is 0 Å². The second-order valence-electron chi connectivity index (χ2n) is 8.84. The second kappa shape index (κ2) is 8.43. The average Bonchev–Trinajstić information content (AvgIpc) is 2.77. The molecular formula is C28H29NO2. The van der Waals surface area contributed by atoms with E-state index in [-0.39, 0.29) is 17.6 Å². The summed E-state index contributed by atoms with van der Waals surface area (Å²) in [6.07, 6.45) is 4.17. The van der Waals surface area contributed by atoms with E-state index in [1.165, 1.54) is 0 Å². The van der Waals surface area contributed by atoms with Gasteiger partial charge in [-0.1, -0.05) is 66.7 Å². The molecule has 3 aromatic rings. The van der Waals surface area contributed by atoms with Gasteiger partial charge in [0, 0.05) is 29.3 Å². The predicted octanol–water partition coefficient (Wildman–Crippen LogP) is 6.59. The Bertz CT molecular complexity index is 1100. The van der Waals surface area contributed by atoms with Crippen molar-refractivity contribution in [2.24, 2.45) is 0 Å². The van der Waals surface area contributed by atoms with E-state index in [1.807, 2.05) is 67.3 Å². The maximum atomic E-state index is 13.4. The highest BCUT2D eigenvalue weighted by Crippen LogP contribution is 2.35. The fourth-order valence-electron chi connectivity index (χ4n) is 3.85. The maximum absolute atomic E-state index is 13.4. The number of hydrogen-bond acceptors (Lipinski definition) is 2. The molecule has 0 saturated heterocycles. The number of ether oxygens (including phenoxy) is 1. The van der Waals surface area contributed by atoms with Crippen LogP contribution < -0.4 is 4.74 Å². The van der Waals surface area contributed by atoms with Crippen LogP contribution in [-0.2, 0) is 6.54 Å². The molecule has 31 heavy (non-hydrogen) atoms. The first kappa shape index (κ1) is 20.9. The van der Waals surface area contributed by atoms with E-state index in [0.717, 1.165) is 28.0 Å². The van der Waals surface area contributed by atoms with Crippen LogP contribution in [0.15, 0.2) is 78.9 Å². The zero-order valence-electron chi connectivity index (χ0n) is 18.6. The van der Waals surface area contributed by atoms with E-state index in [1.54, 1.807) is 0 Å². The predicted molar refractivity (Wildman–Crippen MR) is 127 cm³/mol. The highest BCUT2D eigenvalue weighted by Gasteiger charge is 2.26. The van der Waals surface area contributed by atoms with Crippen molar-refractivity contribution >= 4 is 12.0 Å². The molecule has 0 unspecified atom stereocenters. The lowest BCUT2D eigenvalue weighted by Gasteiger charge is -2.32. The maximum Gasteiger partial charge on any atom is 0.254 e. The lowest BCUT2D eigenvalue weighted by Crippen LogP contribution is -2.37. The zero-order chi connectivity index (χ0) is 22.0. The fourth-order valence-corrected chi connectivity index (χ4v) is 3.85. The summed E-state index contributed by atoms with van der Waals surface area (Å²) < 4.78 is 6.26. The first-order chi connectivity index (χ1) is 14.8. The highest BCUT2D eigenvalue weighted by atomic mass is 16.5. The van der Waals surface area contributed by atoms with Gasteiger partial charge in [0.1, 0.15) is 11.4 Å². The molecule has 0 fully saturated rings. The fraction of sp³-hybridized carbons (Fsp3) is 0.250. The SMILES string of the molecule is CC(C)N(Cc1cccc2c1OC(C)(C)C=C2)C(=O)c1ccc(-c2ccccc2)cc1. The molecule has 3 nitrogen and oxygen atoms in total. The highest BCUT2D eigenvalue weighted by molar-refractivity contribution is 5.95. The van der Waals surface area contributed by atoms with Gasteiger partial charge in [0.2, 0.25) is 0 Å². The number of benzene rings is 3. The number of hydrogen-bond donors (Lipinski definition) is 0. The van der Waals surface area contributed by atoms with Gasteiger partial charge in [-0.2, -0.15) is 0 Å². The molecule has 0 bridgehead atoms. The molecule has 1 heterocycles. The minimum absolute atomic E-state index is 0.0258. The molecule has 0 N–H and O–H groups in total. The van der Waals surface area contributed by atoms with Crippen molar-refractivity contribution in [2.75, 3.05) is 0 Å². The number of fused-ring (bicyclic) bond motifs is 1. The van der Waals surface area contributed by atoms with Crippen molar-refractivity contribution in [3.8, 4) is 16.9 Å². The average molecular weight is 412 g/mol. The Morgan fingerprint density at radius 2 is 1.58 bits per heavy atom. The van der Waals surface area contributed by atoms with E-state index in [2.05, 4.69) is 50.3 Å². The molecule has 0 saturated carbocycles. The van der Waals surface area contributed by atoms with Crippen molar-refractivity contribution < 1.29 is 9.53 Å². The number of rotatable bonds is 5. The van der Waals surface area contributed by atoms with Crippen molar-refractivity contribution in [3.63, 3.8) is 0 Å². The van der Waals surface area contributed by atoms with Crippen LogP contribution in [0.1, 0.15) is 49.2 Å². The van der Waals surface area contributed by atoms with Gasteiger partial charge in [-0.25, -0.2) is 0 Å². The quantitative estimate of drug-likeness (QED) is 0.474. The molecule has 0 aliphatic carbocycles. The lowest BCUT2D eigenvalue weighted by molar-refractivity contribution is 0.0686. The van der Waals surface area contributed by atoms with E-state index in [9.17, 15) is 4.79 Å². The zero-order valence-corrected chi connectivity index (χ0v) is 18.6. The molecule has 1 amide bonds. The van der Waals surface area contributed by atoms with Crippen LogP contribution in [0.5, 0.6) is 5.75 Å². The first-order valence-corrected chi connectivity index (χ1v) is 10.8. The van der Waals surface area contributed by atoms with Gasteiger partial charge >= 0.3 is 0 Å². The monoisotopic (exact) mass is 411 g/mol. The van der Waals surface area contributed by atoms with Gasteiger partial charge in [0.25, 0.3) is 5.91 Å². The topological polar surface area (TPSA) is 29.5 Å². The van der Waals surface area contributed by atoms with Crippen LogP contribution in [0.4, 0.5) is 0 Å². The Hall–Kier alpha value is -3.33. The Balaban J connectivity index is 1.59. The van der Waals surface area contributed by atoms with Crippen LogP contribution in [0.25, 0.3) is 17.2 Å². The first-order valence-electron chi connectivity index (χ1n) is 10.8.